The smallest absolute Gasteiger partial charge is 0.338 e. The average molecular weight is 282 g/mol. The summed E-state index contributed by atoms with van der Waals surface area (Å²) in [5, 5.41) is 14.0. The number of nitro groups is 1. The van der Waals surface area contributed by atoms with Gasteiger partial charge in [0.2, 0.25) is 0 Å². The molecule has 7 heteroatoms. The second kappa shape index (κ2) is 8.11. The van der Waals surface area contributed by atoms with Crippen LogP contribution in [0, 0.1) is 10.1 Å². The van der Waals surface area contributed by atoms with E-state index in [2.05, 4.69) is 5.32 Å². The predicted octanol–water partition coefficient (Wildman–Crippen LogP) is 2.22. The van der Waals surface area contributed by atoms with E-state index in [0.717, 1.165) is 6.42 Å². The third-order valence-electron chi connectivity index (χ3n) is 2.55. The van der Waals surface area contributed by atoms with Gasteiger partial charge in [-0.1, -0.05) is 0 Å². The van der Waals surface area contributed by atoms with Gasteiger partial charge in [-0.3, -0.25) is 10.1 Å². The van der Waals surface area contributed by atoms with E-state index >= 15 is 0 Å². The number of hydrogen-bond acceptors (Lipinski definition) is 6. The first-order valence-corrected chi connectivity index (χ1v) is 6.28. The molecule has 110 valence electrons. The zero-order chi connectivity index (χ0) is 15.0. The maximum absolute atomic E-state index is 11.5. The number of carbonyl (C=O) groups excluding carboxylic acids is 1. The van der Waals surface area contributed by atoms with Crippen molar-refractivity contribution in [3.05, 3.63) is 33.9 Å². The maximum atomic E-state index is 11.5. The minimum absolute atomic E-state index is 0.145. The second-order valence-electron chi connectivity index (χ2n) is 3.98. The lowest BCUT2D eigenvalue weighted by Crippen LogP contribution is -2.09. The molecule has 0 amide bonds. The predicted molar refractivity (Wildman–Crippen MR) is 74.0 cm³/mol. The lowest BCUT2D eigenvalue weighted by atomic mass is 10.1. The molecule has 0 aromatic heterocycles. The van der Waals surface area contributed by atoms with Crippen molar-refractivity contribution in [3.8, 4) is 0 Å². The fourth-order valence-corrected chi connectivity index (χ4v) is 1.61. The Morgan fingerprint density at radius 2 is 2.20 bits per heavy atom. The van der Waals surface area contributed by atoms with E-state index in [0.29, 0.717) is 18.8 Å². The van der Waals surface area contributed by atoms with Crippen LogP contribution >= 0.6 is 0 Å². The Morgan fingerprint density at radius 3 is 2.80 bits per heavy atom. The Balaban J connectivity index is 2.85. The van der Waals surface area contributed by atoms with Crippen LogP contribution in [-0.4, -0.2) is 37.8 Å². The molecule has 1 rings (SSSR count). The molecule has 0 aliphatic carbocycles. The molecule has 20 heavy (non-hydrogen) atoms. The molecule has 1 N–H and O–H groups in total. The van der Waals surface area contributed by atoms with Gasteiger partial charge in [0.1, 0.15) is 5.69 Å². The highest BCUT2D eigenvalue weighted by Gasteiger charge is 2.17. The number of nitro benzene ring substituents is 1. The third-order valence-corrected chi connectivity index (χ3v) is 2.55. The molecule has 0 aliphatic heterocycles. The number of hydrogen-bond donors (Lipinski definition) is 1. The summed E-state index contributed by atoms with van der Waals surface area (Å²) in [5.74, 6) is -0.568. The summed E-state index contributed by atoms with van der Waals surface area (Å²) >= 11 is 0. The highest BCUT2D eigenvalue weighted by atomic mass is 16.6. The summed E-state index contributed by atoms with van der Waals surface area (Å²) in [6.45, 7) is 3.02. The van der Waals surface area contributed by atoms with Crippen molar-refractivity contribution in [2.24, 2.45) is 0 Å². The van der Waals surface area contributed by atoms with Crippen LogP contribution in [0.25, 0.3) is 0 Å². The topological polar surface area (TPSA) is 90.7 Å². The molecule has 0 atom stereocenters. The summed E-state index contributed by atoms with van der Waals surface area (Å²) in [7, 11) is 1.59. The molecule has 0 saturated carbocycles. The maximum Gasteiger partial charge on any atom is 0.338 e. The molecule has 1 aromatic rings. The minimum atomic E-state index is -0.568. The van der Waals surface area contributed by atoms with Gasteiger partial charge in [-0.2, -0.15) is 0 Å². The number of rotatable bonds is 8. The van der Waals surface area contributed by atoms with Crippen LogP contribution in [0.2, 0.25) is 0 Å². The van der Waals surface area contributed by atoms with Crippen LogP contribution in [0.1, 0.15) is 23.7 Å². The highest BCUT2D eigenvalue weighted by molar-refractivity contribution is 5.91. The number of nitrogens with one attached hydrogen (secondary N) is 1. The number of esters is 1. The molecule has 0 unspecified atom stereocenters. The summed E-state index contributed by atoms with van der Waals surface area (Å²) in [6.07, 6.45) is 0.729. The SMILES string of the molecule is CCOC(=O)c1ccc(NCCCOC)c([N+](=O)[O-])c1. The van der Waals surface area contributed by atoms with E-state index in [1.165, 1.54) is 18.2 Å². The van der Waals surface area contributed by atoms with Gasteiger partial charge < -0.3 is 14.8 Å². The van der Waals surface area contributed by atoms with Crippen LogP contribution in [0.5, 0.6) is 0 Å². The second-order valence-corrected chi connectivity index (χ2v) is 3.98. The van der Waals surface area contributed by atoms with Gasteiger partial charge in [-0.15, -0.1) is 0 Å². The Morgan fingerprint density at radius 1 is 1.45 bits per heavy atom. The van der Waals surface area contributed by atoms with Crippen LogP contribution in [0.4, 0.5) is 11.4 Å². The summed E-state index contributed by atoms with van der Waals surface area (Å²) < 4.78 is 9.72. The molecular formula is C13H18N2O5. The third kappa shape index (κ3) is 4.51. The van der Waals surface area contributed by atoms with Crippen molar-refractivity contribution in [1.82, 2.24) is 0 Å². The number of anilines is 1. The van der Waals surface area contributed by atoms with E-state index in [1.807, 2.05) is 0 Å². The van der Waals surface area contributed by atoms with Crippen LogP contribution < -0.4 is 5.32 Å². The van der Waals surface area contributed by atoms with Gasteiger partial charge in [0, 0.05) is 26.3 Å². The first kappa shape index (κ1) is 15.9. The molecule has 7 nitrogen and oxygen atoms in total. The van der Waals surface area contributed by atoms with Crippen LogP contribution in [0.15, 0.2) is 18.2 Å². The van der Waals surface area contributed by atoms with Crippen molar-refractivity contribution in [3.63, 3.8) is 0 Å². The molecule has 0 saturated heterocycles. The molecular weight excluding hydrogens is 264 g/mol. The Bertz CT molecular complexity index is 476. The first-order valence-electron chi connectivity index (χ1n) is 6.28. The monoisotopic (exact) mass is 282 g/mol. The number of methoxy groups -OCH3 is 1. The van der Waals surface area contributed by atoms with Crippen LogP contribution in [0.3, 0.4) is 0 Å². The Hall–Kier alpha value is -2.15. The summed E-state index contributed by atoms with van der Waals surface area (Å²) in [4.78, 5) is 22.1. The van der Waals surface area contributed by atoms with Crippen molar-refractivity contribution >= 4 is 17.3 Å². The van der Waals surface area contributed by atoms with Gasteiger partial charge in [0.15, 0.2) is 0 Å². The molecule has 0 fully saturated rings. The molecule has 1 aromatic carbocycles. The lowest BCUT2D eigenvalue weighted by molar-refractivity contribution is -0.384. The molecule has 0 aliphatic rings. The number of ether oxygens (including phenoxy) is 2. The van der Waals surface area contributed by atoms with E-state index in [9.17, 15) is 14.9 Å². The molecule has 0 spiro atoms. The summed E-state index contributed by atoms with van der Waals surface area (Å²) in [5.41, 5.74) is 0.396. The zero-order valence-electron chi connectivity index (χ0n) is 11.5. The van der Waals surface area contributed by atoms with E-state index < -0.39 is 10.9 Å². The van der Waals surface area contributed by atoms with Gasteiger partial charge in [0.25, 0.3) is 5.69 Å². The van der Waals surface area contributed by atoms with Crippen molar-refractivity contribution in [2.75, 3.05) is 32.2 Å². The van der Waals surface area contributed by atoms with Gasteiger partial charge >= 0.3 is 5.97 Å². The number of nitrogens with zero attached hydrogens (tertiary/aromatic N) is 1. The van der Waals surface area contributed by atoms with E-state index in [-0.39, 0.29) is 17.9 Å². The average Bonchev–Trinajstić information content (AvgIpc) is 2.43. The largest absolute Gasteiger partial charge is 0.462 e. The van der Waals surface area contributed by atoms with Crippen molar-refractivity contribution in [1.29, 1.82) is 0 Å². The number of benzene rings is 1. The summed E-state index contributed by atoms with van der Waals surface area (Å²) in [6, 6.07) is 4.23. The minimum Gasteiger partial charge on any atom is -0.462 e. The zero-order valence-corrected chi connectivity index (χ0v) is 11.5. The molecule has 0 heterocycles. The van der Waals surface area contributed by atoms with E-state index in [4.69, 9.17) is 9.47 Å². The highest BCUT2D eigenvalue weighted by Crippen LogP contribution is 2.25. The quantitative estimate of drug-likeness (QED) is 0.340. The fraction of sp³-hybridized carbons (Fsp3) is 0.462. The number of carbonyl (C=O) groups is 1. The van der Waals surface area contributed by atoms with Gasteiger partial charge in [-0.25, -0.2) is 4.79 Å². The van der Waals surface area contributed by atoms with E-state index in [1.54, 1.807) is 14.0 Å². The first-order chi connectivity index (χ1) is 9.60. The van der Waals surface area contributed by atoms with Gasteiger partial charge in [0.05, 0.1) is 17.1 Å². The normalized spacial score (nSPS) is 10.1. The fourth-order valence-electron chi connectivity index (χ4n) is 1.61. The molecule has 0 bridgehead atoms. The Kier molecular flexibility index (Phi) is 6.45. The van der Waals surface area contributed by atoms with Crippen LogP contribution in [-0.2, 0) is 9.47 Å². The lowest BCUT2D eigenvalue weighted by Gasteiger charge is -2.08. The van der Waals surface area contributed by atoms with Gasteiger partial charge in [-0.05, 0) is 25.5 Å². The standard InChI is InChI=1S/C13H18N2O5/c1-3-20-13(16)10-5-6-11(12(9-10)15(17)18)14-7-4-8-19-2/h5-6,9,14H,3-4,7-8H2,1-2H3. The van der Waals surface area contributed by atoms with Crippen molar-refractivity contribution in [2.45, 2.75) is 13.3 Å². The van der Waals surface area contributed by atoms with Crippen molar-refractivity contribution < 1.29 is 19.2 Å². The molecule has 0 radical (unpaired) electrons. The Labute approximate surface area is 117 Å².